The van der Waals surface area contributed by atoms with E-state index in [1.54, 1.807) is 4.68 Å². The SMILES string of the molecule is COC(CNC(=O)NCc1cn(C)nc1C)CC(=O)O. The van der Waals surface area contributed by atoms with Gasteiger partial charge in [-0.1, -0.05) is 0 Å². The third-order valence-electron chi connectivity index (χ3n) is 2.78. The normalized spacial score (nSPS) is 11.9. The van der Waals surface area contributed by atoms with Crippen molar-refractivity contribution in [3.05, 3.63) is 17.5 Å². The number of aromatic nitrogens is 2. The Labute approximate surface area is 117 Å². The number of rotatable bonds is 7. The van der Waals surface area contributed by atoms with Crippen LogP contribution in [0.15, 0.2) is 6.20 Å². The highest BCUT2D eigenvalue weighted by molar-refractivity contribution is 5.74. The van der Waals surface area contributed by atoms with Crippen LogP contribution >= 0.6 is 0 Å². The van der Waals surface area contributed by atoms with E-state index >= 15 is 0 Å². The average Bonchev–Trinajstić information content (AvgIpc) is 2.70. The number of aryl methyl sites for hydroxylation is 2. The van der Waals surface area contributed by atoms with E-state index < -0.39 is 12.1 Å². The van der Waals surface area contributed by atoms with Crippen LogP contribution in [0.1, 0.15) is 17.7 Å². The quantitative estimate of drug-likeness (QED) is 0.654. The monoisotopic (exact) mass is 284 g/mol. The number of methoxy groups -OCH3 is 1. The summed E-state index contributed by atoms with van der Waals surface area (Å²) < 4.78 is 6.64. The molecule has 3 N–H and O–H groups in total. The Bertz CT molecular complexity index is 472. The standard InChI is InChI=1S/C12H20N4O4/c1-8-9(7-16(2)15-8)5-13-12(19)14-6-10(20-3)4-11(17)18/h7,10H,4-6H2,1-3H3,(H,17,18)(H2,13,14,19). The lowest BCUT2D eigenvalue weighted by atomic mass is 10.2. The second-order valence-corrected chi connectivity index (χ2v) is 4.43. The van der Waals surface area contributed by atoms with Crippen LogP contribution in [-0.2, 0) is 23.1 Å². The summed E-state index contributed by atoms with van der Waals surface area (Å²) in [6.45, 7) is 2.37. The Morgan fingerprint density at radius 1 is 1.50 bits per heavy atom. The van der Waals surface area contributed by atoms with Crippen LogP contribution in [0.5, 0.6) is 0 Å². The molecule has 1 aromatic heterocycles. The van der Waals surface area contributed by atoms with E-state index in [4.69, 9.17) is 9.84 Å². The number of amides is 2. The van der Waals surface area contributed by atoms with Gasteiger partial charge in [-0.25, -0.2) is 4.79 Å². The predicted molar refractivity (Wildman–Crippen MR) is 71.2 cm³/mol. The average molecular weight is 284 g/mol. The molecule has 0 fully saturated rings. The van der Waals surface area contributed by atoms with E-state index in [9.17, 15) is 9.59 Å². The molecular weight excluding hydrogens is 264 g/mol. The van der Waals surface area contributed by atoms with Crippen molar-refractivity contribution in [3.8, 4) is 0 Å². The topological polar surface area (TPSA) is 105 Å². The minimum absolute atomic E-state index is 0.140. The van der Waals surface area contributed by atoms with Crippen LogP contribution in [0.25, 0.3) is 0 Å². The first kappa shape index (κ1) is 16.0. The number of carboxylic acid groups (broad SMARTS) is 1. The van der Waals surface area contributed by atoms with Gasteiger partial charge in [0.1, 0.15) is 0 Å². The second-order valence-electron chi connectivity index (χ2n) is 4.43. The number of carboxylic acids is 1. The highest BCUT2D eigenvalue weighted by Crippen LogP contribution is 2.03. The van der Waals surface area contributed by atoms with Crippen molar-refractivity contribution in [2.75, 3.05) is 13.7 Å². The van der Waals surface area contributed by atoms with Gasteiger partial charge < -0.3 is 20.5 Å². The van der Waals surface area contributed by atoms with E-state index in [0.717, 1.165) is 11.3 Å². The number of ether oxygens (including phenoxy) is 1. The summed E-state index contributed by atoms with van der Waals surface area (Å²) in [5.74, 6) is -0.968. The molecule has 2 amide bonds. The summed E-state index contributed by atoms with van der Waals surface area (Å²) in [4.78, 5) is 22.1. The number of nitrogens with zero attached hydrogens (tertiary/aromatic N) is 2. The van der Waals surface area contributed by atoms with Gasteiger partial charge in [-0.05, 0) is 6.92 Å². The fourth-order valence-corrected chi connectivity index (χ4v) is 1.70. The van der Waals surface area contributed by atoms with Gasteiger partial charge in [0.25, 0.3) is 0 Å². The van der Waals surface area contributed by atoms with Gasteiger partial charge >= 0.3 is 12.0 Å². The molecule has 0 bridgehead atoms. The maximum atomic E-state index is 11.6. The number of hydrogen-bond acceptors (Lipinski definition) is 4. The minimum atomic E-state index is -0.968. The van der Waals surface area contributed by atoms with Crippen molar-refractivity contribution in [3.63, 3.8) is 0 Å². The zero-order chi connectivity index (χ0) is 15.1. The van der Waals surface area contributed by atoms with Crippen LogP contribution in [0, 0.1) is 6.92 Å². The molecule has 0 radical (unpaired) electrons. The lowest BCUT2D eigenvalue weighted by molar-refractivity contribution is -0.139. The first-order valence-electron chi connectivity index (χ1n) is 6.17. The lowest BCUT2D eigenvalue weighted by Crippen LogP contribution is -2.40. The van der Waals surface area contributed by atoms with Gasteiger partial charge in [-0.2, -0.15) is 5.10 Å². The zero-order valence-corrected chi connectivity index (χ0v) is 11.8. The molecule has 1 heterocycles. The van der Waals surface area contributed by atoms with Crippen LogP contribution in [-0.4, -0.2) is 46.6 Å². The molecule has 1 atom stereocenters. The summed E-state index contributed by atoms with van der Waals surface area (Å²) >= 11 is 0. The molecule has 0 aromatic carbocycles. The Morgan fingerprint density at radius 2 is 2.20 bits per heavy atom. The zero-order valence-electron chi connectivity index (χ0n) is 11.8. The molecular formula is C12H20N4O4. The van der Waals surface area contributed by atoms with E-state index in [-0.39, 0.29) is 19.0 Å². The molecule has 0 saturated heterocycles. The molecule has 8 heteroatoms. The van der Waals surface area contributed by atoms with E-state index in [2.05, 4.69) is 15.7 Å². The Morgan fingerprint density at radius 3 is 2.70 bits per heavy atom. The molecule has 0 aliphatic heterocycles. The number of hydrogen-bond donors (Lipinski definition) is 3. The third kappa shape index (κ3) is 5.27. The predicted octanol–water partition coefficient (Wildman–Crippen LogP) is 0.0174. The fourth-order valence-electron chi connectivity index (χ4n) is 1.70. The lowest BCUT2D eigenvalue weighted by Gasteiger charge is -2.14. The largest absolute Gasteiger partial charge is 0.481 e. The third-order valence-corrected chi connectivity index (χ3v) is 2.78. The van der Waals surface area contributed by atoms with Crippen LogP contribution < -0.4 is 10.6 Å². The van der Waals surface area contributed by atoms with Crippen LogP contribution in [0.4, 0.5) is 4.79 Å². The molecule has 20 heavy (non-hydrogen) atoms. The first-order chi connectivity index (χ1) is 9.42. The smallest absolute Gasteiger partial charge is 0.315 e. The fraction of sp³-hybridized carbons (Fsp3) is 0.583. The number of carbonyl (C=O) groups is 2. The number of aliphatic carboxylic acids is 1. The molecule has 1 aromatic rings. The van der Waals surface area contributed by atoms with Gasteiger partial charge in [0.2, 0.25) is 0 Å². The van der Waals surface area contributed by atoms with Gasteiger partial charge in [-0.3, -0.25) is 9.48 Å². The highest BCUT2D eigenvalue weighted by Gasteiger charge is 2.13. The molecule has 112 valence electrons. The second kappa shape index (κ2) is 7.49. The van der Waals surface area contributed by atoms with Crippen molar-refractivity contribution in [1.82, 2.24) is 20.4 Å². The van der Waals surface area contributed by atoms with Crippen molar-refractivity contribution in [2.45, 2.75) is 26.0 Å². The van der Waals surface area contributed by atoms with E-state index in [1.165, 1.54) is 7.11 Å². The van der Waals surface area contributed by atoms with Crippen LogP contribution in [0.2, 0.25) is 0 Å². The van der Waals surface area contributed by atoms with Gasteiger partial charge in [0, 0.05) is 39.0 Å². The van der Waals surface area contributed by atoms with Crippen molar-refractivity contribution in [2.24, 2.45) is 7.05 Å². The summed E-state index contributed by atoms with van der Waals surface area (Å²) in [6, 6.07) is -0.374. The summed E-state index contributed by atoms with van der Waals surface area (Å²) in [5, 5.41) is 18.1. The summed E-state index contributed by atoms with van der Waals surface area (Å²) in [6.07, 6.45) is 1.13. The highest BCUT2D eigenvalue weighted by atomic mass is 16.5. The maximum absolute atomic E-state index is 11.6. The summed E-state index contributed by atoms with van der Waals surface area (Å²) in [7, 11) is 3.22. The maximum Gasteiger partial charge on any atom is 0.315 e. The molecule has 1 rings (SSSR count). The van der Waals surface area contributed by atoms with Gasteiger partial charge in [-0.15, -0.1) is 0 Å². The van der Waals surface area contributed by atoms with E-state index in [0.29, 0.717) is 6.54 Å². The Balaban J connectivity index is 2.33. The van der Waals surface area contributed by atoms with Crippen molar-refractivity contribution >= 4 is 12.0 Å². The molecule has 0 aliphatic carbocycles. The minimum Gasteiger partial charge on any atom is -0.481 e. The molecule has 0 spiro atoms. The molecule has 0 aliphatic rings. The van der Waals surface area contributed by atoms with Crippen molar-refractivity contribution in [1.29, 1.82) is 0 Å². The van der Waals surface area contributed by atoms with E-state index in [1.807, 2.05) is 20.2 Å². The Kier molecular flexibility index (Phi) is 5.98. The van der Waals surface area contributed by atoms with Crippen molar-refractivity contribution < 1.29 is 19.4 Å². The first-order valence-corrected chi connectivity index (χ1v) is 6.17. The van der Waals surface area contributed by atoms with Gasteiger partial charge in [0.05, 0.1) is 18.2 Å². The summed E-state index contributed by atoms with van der Waals surface area (Å²) in [5.41, 5.74) is 1.78. The number of carbonyl (C=O) groups excluding carboxylic acids is 1. The molecule has 1 unspecified atom stereocenters. The molecule has 0 saturated carbocycles. The van der Waals surface area contributed by atoms with Gasteiger partial charge in [0.15, 0.2) is 0 Å². The molecule has 8 nitrogen and oxygen atoms in total. The number of nitrogens with one attached hydrogen (secondary N) is 2. The van der Waals surface area contributed by atoms with Crippen LogP contribution in [0.3, 0.4) is 0 Å². The Hall–Kier alpha value is -2.09. The number of urea groups is 1.